The van der Waals surface area contributed by atoms with E-state index in [-0.39, 0.29) is 42.3 Å². The second-order valence-corrected chi connectivity index (χ2v) is 10.7. The number of aromatic nitrogens is 2. The number of hydrogen-bond donors (Lipinski definition) is 3. The molecule has 2 aliphatic heterocycles. The molecule has 38 heavy (non-hydrogen) atoms. The molecule has 0 unspecified atom stereocenters. The molecule has 0 saturated carbocycles. The number of nitrogens with one attached hydrogen (secondary N) is 1. The fraction of sp³-hybridized carbons (Fsp3) is 0.448. The lowest BCUT2D eigenvalue weighted by Crippen LogP contribution is -2.44. The van der Waals surface area contributed by atoms with Gasteiger partial charge in [-0.1, -0.05) is 13.8 Å². The van der Waals surface area contributed by atoms with E-state index in [1.165, 1.54) is 11.1 Å². The van der Waals surface area contributed by atoms with Crippen LogP contribution in [0, 0.1) is 13.8 Å². The summed E-state index contributed by atoms with van der Waals surface area (Å²) >= 11 is 0. The van der Waals surface area contributed by atoms with Crippen LogP contribution in [0.25, 0.3) is 22.3 Å². The molecule has 1 aromatic carbocycles. The molecule has 0 bridgehead atoms. The number of fused-ring (bicyclic) bond motifs is 5. The Morgan fingerprint density at radius 3 is 2.71 bits per heavy atom. The van der Waals surface area contributed by atoms with Gasteiger partial charge < -0.3 is 24.8 Å². The molecule has 0 fully saturated rings. The number of nitrogens with zero attached hydrogens (tertiary/aromatic N) is 2. The molecule has 3 N–H and O–H groups in total. The molecular formula is C29H31N3O6. The zero-order chi connectivity index (χ0) is 27.1. The number of amides is 1. The molecule has 2 aromatic heterocycles. The monoisotopic (exact) mass is 517 g/mol. The van der Waals surface area contributed by atoms with Crippen molar-refractivity contribution >= 4 is 22.8 Å². The van der Waals surface area contributed by atoms with Gasteiger partial charge in [0.25, 0.3) is 5.56 Å². The van der Waals surface area contributed by atoms with Crippen LogP contribution in [0.1, 0.15) is 78.1 Å². The van der Waals surface area contributed by atoms with Gasteiger partial charge in [-0.3, -0.25) is 9.59 Å². The number of benzene rings is 1. The third kappa shape index (κ3) is 3.24. The molecule has 0 saturated heterocycles. The average Bonchev–Trinajstić information content (AvgIpc) is 3.28. The summed E-state index contributed by atoms with van der Waals surface area (Å²) in [5, 5.41) is 25.4. The molecule has 9 nitrogen and oxygen atoms in total. The van der Waals surface area contributed by atoms with E-state index >= 15 is 0 Å². The van der Waals surface area contributed by atoms with Gasteiger partial charge in [-0.15, -0.1) is 0 Å². The summed E-state index contributed by atoms with van der Waals surface area (Å²) in [6.45, 7) is 7.64. The average molecular weight is 518 g/mol. The van der Waals surface area contributed by atoms with Gasteiger partial charge >= 0.3 is 5.97 Å². The van der Waals surface area contributed by atoms with Crippen molar-refractivity contribution in [3.05, 3.63) is 61.4 Å². The number of ether oxygens (including phenoxy) is 1. The van der Waals surface area contributed by atoms with Gasteiger partial charge in [-0.2, -0.15) is 0 Å². The fourth-order valence-corrected chi connectivity index (χ4v) is 6.33. The topological polar surface area (TPSA) is 131 Å². The molecule has 6 rings (SSSR count). The van der Waals surface area contributed by atoms with Crippen molar-refractivity contribution in [1.29, 1.82) is 0 Å². The first-order valence-corrected chi connectivity index (χ1v) is 13.2. The van der Waals surface area contributed by atoms with E-state index in [2.05, 4.69) is 12.2 Å². The van der Waals surface area contributed by atoms with Gasteiger partial charge in [-0.05, 0) is 73.9 Å². The normalized spacial score (nSPS) is 21.9. The lowest BCUT2D eigenvalue weighted by atomic mass is 9.80. The van der Waals surface area contributed by atoms with Crippen LogP contribution in [0.4, 0.5) is 0 Å². The SMILES string of the molecule is CC[C@H](O)C(=O)N[C@H]1CCc2c(C)c(C)cc3nc4c(c1c23)Cn1c-4cc2c(c1=O)COC(=O)[C@]2(O)CC. The van der Waals surface area contributed by atoms with Crippen LogP contribution in [0.3, 0.4) is 0 Å². The Labute approximate surface area is 219 Å². The number of carbonyl (C=O) groups excluding carboxylic acids is 2. The van der Waals surface area contributed by atoms with Gasteiger partial charge in [0.05, 0.1) is 35.1 Å². The van der Waals surface area contributed by atoms with E-state index < -0.39 is 23.6 Å². The summed E-state index contributed by atoms with van der Waals surface area (Å²) in [4.78, 5) is 44.0. The standard InChI is InChI=1S/C29H31N3O6/c1-5-22(33)26(34)31-19-8-7-15-14(4)13(3)9-20-23(15)24(19)16-11-32-21(25(16)30-20)10-18-17(27(32)35)12-38-28(36)29(18,37)6-2/h9-10,19,22,33,37H,5-8,11-12H2,1-4H3,(H,31,34)/t19-,22-,29-/m0/s1. The summed E-state index contributed by atoms with van der Waals surface area (Å²) in [6, 6.07) is 3.38. The third-order valence-corrected chi connectivity index (χ3v) is 8.71. The minimum absolute atomic E-state index is 0.0701. The number of cyclic esters (lactones) is 1. The third-order valence-electron chi connectivity index (χ3n) is 8.71. The maximum atomic E-state index is 13.7. The van der Waals surface area contributed by atoms with Gasteiger partial charge in [0.15, 0.2) is 5.60 Å². The van der Waals surface area contributed by atoms with Crippen molar-refractivity contribution in [2.24, 2.45) is 0 Å². The van der Waals surface area contributed by atoms with Crippen molar-refractivity contribution in [2.75, 3.05) is 0 Å². The first-order chi connectivity index (χ1) is 18.1. The largest absolute Gasteiger partial charge is 0.458 e. The van der Waals surface area contributed by atoms with Crippen LogP contribution >= 0.6 is 0 Å². The van der Waals surface area contributed by atoms with E-state index in [1.807, 2.05) is 13.0 Å². The summed E-state index contributed by atoms with van der Waals surface area (Å²) in [7, 11) is 0. The number of pyridine rings is 2. The predicted molar refractivity (Wildman–Crippen MR) is 140 cm³/mol. The molecule has 3 aliphatic rings. The van der Waals surface area contributed by atoms with E-state index in [9.17, 15) is 24.6 Å². The van der Waals surface area contributed by atoms with Crippen LogP contribution in [-0.2, 0) is 39.5 Å². The first kappa shape index (κ1) is 24.8. The summed E-state index contributed by atoms with van der Waals surface area (Å²) in [5.41, 5.74) is 5.48. The zero-order valence-corrected chi connectivity index (χ0v) is 22.0. The first-order valence-electron chi connectivity index (χ1n) is 13.2. The number of aliphatic hydroxyl groups excluding tert-OH is 1. The number of hydrogen-bond acceptors (Lipinski definition) is 7. The van der Waals surface area contributed by atoms with Crippen molar-refractivity contribution in [2.45, 2.75) is 84.3 Å². The minimum atomic E-state index is -1.90. The number of aliphatic hydroxyl groups is 2. The molecule has 0 radical (unpaired) electrons. The minimum Gasteiger partial charge on any atom is -0.458 e. The van der Waals surface area contributed by atoms with E-state index in [0.29, 0.717) is 24.2 Å². The van der Waals surface area contributed by atoms with Gasteiger partial charge in [0, 0.05) is 16.5 Å². The van der Waals surface area contributed by atoms with Crippen LogP contribution in [0.2, 0.25) is 0 Å². The van der Waals surface area contributed by atoms with Crippen LogP contribution in [0.15, 0.2) is 16.9 Å². The maximum Gasteiger partial charge on any atom is 0.343 e. The fourth-order valence-electron chi connectivity index (χ4n) is 6.33. The molecular weight excluding hydrogens is 486 g/mol. The number of rotatable bonds is 4. The lowest BCUT2D eigenvalue weighted by molar-refractivity contribution is -0.172. The molecule has 4 heterocycles. The Morgan fingerprint density at radius 2 is 2.00 bits per heavy atom. The zero-order valence-electron chi connectivity index (χ0n) is 22.0. The van der Waals surface area contributed by atoms with Crippen LogP contribution in [-0.4, -0.2) is 37.7 Å². The maximum absolute atomic E-state index is 13.7. The van der Waals surface area contributed by atoms with Crippen molar-refractivity contribution in [3.8, 4) is 11.4 Å². The highest BCUT2D eigenvalue weighted by atomic mass is 16.6. The Bertz CT molecular complexity index is 1620. The van der Waals surface area contributed by atoms with Crippen LogP contribution < -0.4 is 10.9 Å². The van der Waals surface area contributed by atoms with E-state index in [4.69, 9.17) is 9.72 Å². The molecule has 3 atom stereocenters. The van der Waals surface area contributed by atoms with Crippen LogP contribution in [0.5, 0.6) is 0 Å². The second-order valence-electron chi connectivity index (χ2n) is 10.7. The Kier molecular flexibility index (Phi) is 5.52. The molecule has 9 heteroatoms. The molecule has 198 valence electrons. The number of esters is 1. The van der Waals surface area contributed by atoms with Crippen molar-refractivity contribution in [1.82, 2.24) is 14.9 Å². The Hall–Kier alpha value is -3.56. The Balaban J connectivity index is 1.63. The van der Waals surface area contributed by atoms with Gasteiger partial charge in [0.2, 0.25) is 5.91 Å². The molecule has 0 spiro atoms. The van der Waals surface area contributed by atoms with Gasteiger partial charge in [0.1, 0.15) is 12.7 Å². The molecule has 3 aromatic rings. The van der Waals surface area contributed by atoms with E-state index in [0.717, 1.165) is 34.0 Å². The molecule has 1 amide bonds. The lowest BCUT2D eigenvalue weighted by Gasteiger charge is -2.31. The quantitative estimate of drug-likeness (QED) is 0.355. The van der Waals surface area contributed by atoms with Crippen molar-refractivity contribution < 1.29 is 24.5 Å². The Morgan fingerprint density at radius 1 is 1.24 bits per heavy atom. The summed E-state index contributed by atoms with van der Waals surface area (Å²) in [5.74, 6) is -1.18. The summed E-state index contributed by atoms with van der Waals surface area (Å²) < 4.78 is 6.81. The second kappa shape index (κ2) is 8.47. The number of carbonyl (C=O) groups is 2. The van der Waals surface area contributed by atoms with Crippen molar-refractivity contribution in [3.63, 3.8) is 0 Å². The molecule has 1 aliphatic carbocycles. The predicted octanol–water partition coefficient (Wildman–Crippen LogP) is 2.57. The smallest absolute Gasteiger partial charge is 0.343 e. The highest BCUT2D eigenvalue weighted by molar-refractivity contribution is 5.94. The highest BCUT2D eigenvalue weighted by Gasteiger charge is 2.46. The van der Waals surface area contributed by atoms with Gasteiger partial charge in [-0.25, -0.2) is 9.78 Å². The number of aryl methyl sites for hydroxylation is 2. The summed E-state index contributed by atoms with van der Waals surface area (Å²) in [6.07, 6.45) is 0.697. The van der Waals surface area contributed by atoms with E-state index in [1.54, 1.807) is 24.5 Å². The highest BCUT2D eigenvalue weighted by Crippen LogP contribution is 2.46.